The summed E-state index contributed by atoms with van der Waals surface area (Å²) in [6.07, 6.45) is 2.48. The number of phenolic OH excluding ortho intramolecular Hbond substituents is 1. The molecule has 9 nitrogen and oxygen atoms in total. The van der Waals surface area contributed by atoms with Gasteiger partial charge >= 0.3 is 5.63 Å². The van der Waals surface area contributed by atoms with Crippen LogP contribution < -0.4 is 19.8 Å². The van der Waals surface area contributed by atoms with Gasteiger partial charge in [0.15, 0.2) is 28.6 Å². The lowest BCUT2D eigenvalue weighted by Crippen LogP contribution is -2.09. The van der Waals surface area contributed by atoms with E-state index < -0.39 is 16.9 Å². The molecule has 190 valence electrons. The Labute approximate surface area is 208 Å². The van der Waals surface area contributed by atoms with Crippen molar-refractivity contribution < 1.29 is 33.6 Å². The Hall–Kier alpha value is -4.19. The van der Waals surface area contributed by atoms with Gasteiger partial charge in [-0.25, -0.2) is 4.79 Å². The summed E-state index contributed by atoms with van der Waals surface area (Å²) < 4.78 is 22.7. The summed E-state index contributed by atoms with van der Waals surface area (Å²) in [5.41, 5.74) is -0.333. The highest BCUT2D eigenvalue weighted by Gasteiger charge is 2.20. The van der Waals surface area contributed by atoms with Crippen molar-refractivity contribution in [3.63, 3.8) is 0 Å². The van der Waals surface area contributed by atoms with E-state index in [1.807, 2.05) is 13.8 Å². The van der Waals surface area contributed by atoms with E-state index in [9.17, 15) is 19.8 Å². The van der Waals surface area contributed by atoms with Crippen molar-refractivity contribution >= 4 is 16.8 Å². The van der Waals surface area contributed by atoms with E-state index in [-0.39, 0.29) is 47.0 Å². The third-order valence-electron chi connectivity index (χ3n) is 5.45. The summed E-state index contributed by atoms with van der Waals surface area (Å²) in [4.78, 5) is 23.8. The molecule has 0 unspecified atom stereocenters. The summed E-state index contributed by atoms with van der Waals surface area (Å²) >= 11 is 0. The minimum atomic E-state index is -0.898. The fraction of sp³-hybridized carbons (Fsp3) is 0.370. The molecule has 0 saturated heterocycles. The number of phenols is 1. The molecule has 3 aromatic rings. The average Bonchev–Trinajstić information content (AvgIpc) is 2.84. The number of aromatic hydroxyl groups is 2. The fourth-order valence-corrected chi connectivity index (χ4v) is 3.73. The van der Waals surface area contributed by atoms with Gasteiger partial charge in [0.05, 0.1) is 30.8 Å². The predicted octanol–water partition coefficient (Wildman–Crippen LogP) is 4.87. The Morgan fingerprint density at radius 1 is 0.972 bits per heavy atom. The van der Waals surface area contributed by atoms with Gasteiger partial charge in [-0.05, 0) is 44.0 Å². The molecule has 0 bridgehead atoms. The monoisotopic (exact) mass is 495 g/mol. The largest absolute Gasteiger partial charge is 0.506 e. The first-order valence-corrected chi connectivity index (χ1v) is 11.8. The van der Waals surface area contributed by atoms with E-state index >= 15 is 0 Å². The standard InChI is InChI=1S/C27H29NO8/c1-4-7-18-21(10-9-19-23(30)20(15-28)27(32)36-25(18)19)33-13-6-14-34-22-11-8-17(16(3)29)24(31)26(22)35-12-5-2/h8-11,30-31H,4-7,12-14H2,1-3H3. The van der Waals surface area contributed by atoms with Crippen molar-refractivity contribution in [2.75, 3.05) is 19.8 Å². The van der Waals surface area contributed by atoms with Gasteiger partial charge in [0.2, 0.25) is 5.75 Å². The topological polar surface area (TPSA) is 139 Å². The van der Waals surface area contributed by atoms with Crippen LogP contribution in [-0.4, -0.2) is 35.8 Å². The zero-order valence-corrected chi connectivity index (χ0v) is 20.6. The van der Waals surface area contributed by atoms with Crippen LogP contribution in [0.4, 0.5) is 0 Å². The van der Waals surface area contributed by atoms with Crippen LogP contribution in [0, 0.1) is 11.3 Å². The number of hydrogen-bond acceptors (Lipinski definition) is 9. The van der Waals surface area contributed by atoms with Crippen molar-refractivity contribution in [1.82, 2.24) is 0 Å². The van der Waals surface area contributed by atoms with Gasteiger partial charge in [0.25, 0.3) is 0 Å². The molecule has 0 aliphatic heterocycles. The number of carbonyl (C=O) groups excluding carboxylic acids is 1. The number of Topliss-reactive ketones (excluding diaryl/α,β-unsaturated/α-hetero) is 1. The maximum atomic E-state index is 12.1. The first kappa shape index (κ1) is 26.4. The summed E-state index contributed by atoms with van der Waals surface area (Å²) in [5.74, 6) is 0.0494. The van der Waals surface area contributed by atoms with E-state index in [1.54, 1.807) is 24.3 Å². The summed E-state index contributed by atoms with van der Waals surface area (Å²) in [6.45, 7) is 6.14. The van der Waals surface area contributed by atoms with Crippen molar-refractivity contribution in [2.45, 2.75) is 46.5 Å². The number of hydrogen-bond donors (Lipinski definition) is 2. The summed E-state index contributed by atoms with van der Waals surface area (Å²) in [5, 5.41) is 30.1. The van der Waals surface area contributed by atoms with Crippen LogP contribution in [0.1, 0.15) is 61.5 Å². The lowest BCUT2D eigenvalue weighted by atomic mass is 10.0. The number of nitriles is 1. The second-order valence-electron chi connectivity index (χ2n) is 8.14. The van der Waals surface area contributed by atoms with Crippen LogP contribution in [-0.2, 0) is 6.42 Å². The number of ether oxygens (including phenoxy) is 3. The lowest BCUT2D eigenvalue weighted by Gasteiger charge is -2.16. The van der Waals surface area contributed by atoms with Gasteiger partial charge in [-0.1, -0.05) is 20.3 Å². The van der Waals surface area contributed by atoms with Crippen molar-refractivity contribution in [3.05, 3.63) is 51.4 Å². The first-order chi connectivity index (χ1) is 17.3. The molecule has 0 amide bonds. The van der Waals surface area contributed by atoms with Crippen molar-refractivity contribution in [1.29, 1.82) is 5.26 Å². The molecule has 36 heavy (non-hydrogen) atoms. The first-order valence-electron chi connectivity index (χ1n) is 11.8. The molecular weight excluding hydrogens is 466 g/mol. The van der Waals surface area contributed by atoms with Gasteiger partial charge in [0.1, 0.15) is 17.4 Å². The lowest BCUT2D eigenvalue weighted by molar-refractivity contribution is 0.101. The van der Waals surface area contributed by atoms with Crippen LogP contribution in [0.25, 0.3) is 11.0 Å². The van der Waals surface area contributed by atoms with E-state index in [0.29, 0.717) is 36.5 Å². The highest BCUT2D eigenvalue weighted by atomic mass is 16.5. The molecule has 0 aliphatic carbocycles. The zero-order chi connectivity index (χ0) is 26.2. The molecule has 3 rings (SSSR count). The van der Waals surface area contributed by atoms with Gasteiger partial charge < -0.3 is 28.8 Å². The Morgan fingerprint density at radius 2 is 1.67 bits per heavy atom. The third-order valence-corrected chi connectivity index (χ3v) is 5.45. The van der Waals surface area contributed by atoms with E-state index in [1.165, 1.54) is 13.0 Å². The maximum absolute atomic E-state index is 12.1. The molecule has 1 heterocycles. The number of ketones is 1. The van der Waals surface area contributed by atoms with Crippen LogP contribution in [0.3, 0.4) is 0 Å². The molecule has 0 atom stereocenters. The third kappa shape index (κ3) is 5.54. The number of nitrogens with zero attached hydrogens (tertiary/aromatic N) is 1. The normalized spacial score (nSPS) is 10.7. The Kier molecular flexibility index (Phi) is 8.79. The van der Waals surface area contributed by atoms with Gasteiger partial charge in [-0.2, -0.15) is 5.26 Å². The number of benzene rings is 2. The molecule has 2 N–H and O–H groups in total. The second kappa shape index (κ2) is 12.0. The highest BCUT2D eigenvalue weighted by Crippen LogP contribution is 2.40. The van der Waals surface area contributed by atoms with Crippen LogP contribution in [0.2, 0.25) is 0 Å². The number of aryl methyl sites for hydroxylation is 1. The minimum Gasteiger partial charge on any atom is -0.506 e. The highest BCUT2D eigenvalue weighted by molar-refractivity contribution is 5.98. The van der Waals surface area contributed by atoms with E-state index in [2.05, 4.69) is 0 Å². The SMILES string of the molecule is CCCOc1c(OCCCOc2ccc3c(O)c(C#N)c(=O)oc3c2CCC)ccc(C(C)=O)c1O. The van der Waals surface area contributed by atoms with Crippen LogP contribution in [0.15, 0.2) is 33.5 Å². The molecular formula is C27H29NO8. The molecule has 0 radical (unpaired) electrons. The quantitative estimate of drug-likeness (QED) is 0.205. The van der Waals surface area contributed by atoms with E-state index in [4.69, 9.17) is 23.9 Å². The fourth-order valence-electron chi connectivity index (χ4n) is 3.73. The van der Waals surface area contributed by atoms with Gasteiger partial charge in [-0.3, -0.25) is 4.79 Å². The maximum Gasteiger partial charge on any atom is 0.358 e. The minimum absolute atomic E-state index is 0.136. The zero-order valence-electron chi connectivity index (χ0n) is 20.6. The number of carbonyl (C=O) groups is 1. The Bertz CT molecular complexity index is 1350. The van der Waals surface area contributed by atoms with Crippen LogP contribution in [0.5, 0.6) is 28.7 Å². The summed E-state index contributed by atoms with van der Waals surface area (Å²) in [7, 11) is 0. The Morgan fingerprint density at radius 3 is 2.31 bits per heavy atom. The molecule has 9 heteroatoms. The van der Waals surface area contributed by atoms with Crippen molar-refractivity contribution in [3.8, 4) is 34.8 Å². The molecule has 1 aromatic heterocycles. The number of fused-ring (bicyclic) bond motifs is 1. The average molecular weight is 496 g/mol. The molecule has 2 aromatic carbocycles. The second-order valence-corrected chi connectivity index (χ2v) is 8.14. The molecule has 0 aliphatic rings. The number of rotatable bonds is 12. The van der Waals surface area contributed by atoms with E-state index in [0.717, 1.165) is 12.8 Å². The smallest absolute Gasteiger partial charge is 0.358 e. The predicted molar refractivity (Wildman–Crippen MR) is 132 cm³/mol. The van der Waals surface area contributed by atoms with Crippen LogP contribution >= 0.6 is 0 Å². The Balaban J connectivity index is 1.72. The molecule has 0 saturated carbocycles. The molecule has 0 spiro atoms. The molecule has 0 fully saturated rings. The van der Waals surface area contributed by atoms with Crippen molar-refractivity contribution in [2.24, 2.45) is 0 Å². The van der Waals surface area contributed by atoms with Gasteiger partial charge in [-0.15, -0.1) is 0 Å². The van der Waals surface area contributed by atoms with Gasteiger partial charge in [0, 0.05) is 12.0 Å². The summed E-state index contributed by atoms with van der Waals surface area (Å²) in [6, 6.07) is 7.98.